The lowest BCUT2D eigenvalue weighted by Gasteiger charge is -2.47. The van der Waals surface area contributed by atoms with Crippen molar-refractivity contribution in [2.24, 2.45) is 5.92 Å². The first-order chi connectivity index (χ1) is 8.08. The zero-order valence-electron chi connectivity index (χ0n) is 11.8. The number of nitrogens with zero attached hydrogens (tertiary/aromatic N) is 1. The van der Waals surface area contributed by atoms with Crippen LogP contribution in [0.15, 0.2) is 0 Å². The van der Waals surface area contributed by atoms with E-state index in [1.807, 2.05) is 0 Å². The molecular weight excluding hydrogens is 212 g/mol. The predicted octanol–water partition coefficient (Wildman–Crippen LogP) is 1.87. The molecule has 2 aliphatic rings. The summed E-state index contributed by atoms with van der Waals surface area (Å²) in [7, 11) is 0. The highest BCUT2D eigenvalue weighted by molar-refractivity contribution is 4.91. The predicted molar refractivity (Wildman–Crippen MR) is 71.2 cm³/mol. The molecule has 0 aromatic heterocycles. The molecule has 3 nitrogen and oxygen atoms in total. The molecule has 0 spiro atoms. The second kappa shape index (κ2) is 5.68. The molecule has 0 radical (unpaired) electrons. The molecular formula is C14H28N2O. The van der Waals surface area contributed by atoms with Gasteiger partial charge in [0.15, 0.2) is 0 Å². The highest BCUT2D eigenvalue weighted by Gasteiger charge is 2.34. The lowest BCUT2D eigenvalue weighted by Crippen LogP contribution is -2.61. The van der Waals surface area contributed by atoms with Gasteiger partial charge in [-0.05, 0) is 32.6 Å². The number of piperazine rings is 1. The molecule has 0 amide bonds. The molecule has 100 valence electrons. The van der Waals surface area contributed by atoms with Crippen LogP contribution in [0.5, 0.6) is 0 Å². The van der Waals surface area contributed by atoms with Crippen LogP contribution in [0.25, 0.3) is 0 Å². The Bertz CT molecular complexity index is 244. The van der Waals surface area contributed by atoms with E-state index in [0.29, 0.717) is 18.2 Å². The highest BCUT2D eigenvalue weighted by Crippen LogP contribution is 2.25. The number of ether oxygens (including phenoxy) is 1. The monoisotopic (exact) mass is 240 g/mol. The quantitative estimate of drug-likeness (QED) is 0.797. The van der Waals surface area contributed by atoms with Crippen LogP contribution < -0.4 is 5.32 Å². The number of hydrogen-bond donors (Lipinski definition) is 1. The minimum absolute atomic E-state index is 0.437. The Morgan fingerprint density at radius 1 is 1.29 bits per heavy atom. The third kappa shape index (κ3) is 3.21. The van der Waals surface area contributed by atoms with Crippen molar-refractivity contribution in [1.82, 2.24) is 10.2 Å². The maximum Gasteiger partial charge on any atom is 0.0561 e. The van der Waals surface area contributed by atoms with Gasteiger partial charge >= 0.3 is 0 Å². The van der Waals surface area contributed by atoms with Gasteiger partial charge in [-0.15, -0.1) is 0 Å². The molecule has 2 heterocycles. The number of hydrogen-bond acceptors (Lipinski definition) is 3. The molecule has 0 aliphatic carbocycles. The van der Waals surface area contributed by atoms with Gasteiger partial charge in [0.05, 0.1) is 6.10 Å². The van der Waals surface area contributed by atoms with Gasteiger partial charge in [-0.25, -0.2) is 0 Å². The second-order valence-electron chi connectivity index (χ2n) is 6.18. The van der Waals surface area contributed by atoms with Gasteiger partial charge in [0.25, 0.3) is 0 Å². The third-order valence-corrected chi connectivity index (χ3v) is 4.28. The van der Waals surface area contributed by atoms with Gasteiger partial charge in [0.2, 0.25) is 0 Å². The van der Waals surface area contributed by atoms with Crippen LogP contribution in [0.3, 0.4) is 0 Å². The van der Waals surface area contributed by atoms with E-state index >= 15 is 0 Å². The first-order valence-electron chi connectivity index (χ1n) is 7.18. The summed E-state index contributed by atoms with van der Waals surface area (Å²) in [5, 5.41) is 3.62. The highest BCUT2D eigenvalue weighted by atomic mass is 16.5. The Labute approximate surface area is 106 Å². The van der Waals surface area contributed by atoms with Gasteiger partial charge in [-0.1, -0.05) is 13.8 Å². The maximum absolute atomic E-state index is 5.68. The number of rotatable bonds is 2. The lowest BCUT2D eigenvalue weighted by atomic mass is 9.93. The SMILES string of the molecule is CC1CN(C2CCOC(C)C2)C(C(C)C)CN1. The van der Waals surface area contributed by atoms with Crippen molar-refractivity contribution in [3.05, 3.63) is 0 Å². The molecule has 0 bridgehead atoms. The molecule has 2 rings (SSSR count). The molecule has 0 aromatic rings. The Hall–Kier alpha value is -0.120. The summed E-state index contributed by atoms with van der Waals surface area (Å²) in [6.45, 7) is 12.5. The van der Waals surface area contributed by atoms with Crippen molar-refractivity contribution in [3.63, 3.8) is 0 Å². The average Bonchev–Trinajstić information content (AvgIpc) is 2.28. The standard InChI is InChI=1S/C14H28N2O/c1-10(2)14-8-15-11(3)9-16(14)13-5-6-17-12(4)7-13/h10-15H,5-9H2,1-4H3. The summed E-state index contributed by atoms with van der Waals surface area (Å²) in [4.78, 5) is 2.75. The van der Waals surface area contributed by atoms with Crippen molar-refractivity contribution in [2.45, 2.75) is 64.8 Å². The molecule has 17 heavy (non-hydrogen) atoms. The molecule has 2 saturated heterocycles. The van der Waals surface area contributed by atoms with Crippen LogP contribution >= 0.6 is 0 Å². The molecule has 4 unspecified atom stereocenters. The molecule has 3 heteroatoms. The van der Waals surface area contributed by atoms with Crippen LogP contribution in [0.4, 0.5) is 0 Å². The minimum atomic E-state index is 0.437. The zero-order valence-corrected chi connectivity index (χ0v) is 11.8. The smallest absolute Gasteiger partial charge is 0.0561 e. The van der Waals surface area contributed by atoms with Crippen LogP contribution in [0, 0.1) is 5.92 Å². The van der Waals surface area contributed by atoms with Crippen LogP contribution in [-0.4, -0.2) is 48.8 Å². The Morgan fingerprint density at radius 2 is 2.06 bits per heavy atom. The summed E-state index contributed by atoms with van der Waals surface area (Å²) >= 11 is 0. The van der Waals surface area contributed by atoms with E-state index in [1.165, 1.54) is 19.4 Å². The lowest BCUT2D eigenvalue weighted by molar-refractivity contribution is -0.0435. The van der Waals surface area contributed by atoms with E-state index in [0.717, 1.165) is 25.1 Å². The summed E-state index contributed by atoms with van der Waals surface area (Å²) in [6, 6.07) is 2.06. The van der Waals surface area contributed by atoms with Crippen LogP contribution in [0.2, 0.25) is 0 Å². The summed E-state index contributed by atoms with van der Waals surface area (Å²) < 4.78 is 5.68. The number of nitrogens with one attached hydrogen (secondary N) is 1. The normalized spacial score (nSPS) is 40.8. The Kier molecular flexibility index (Phi) is 4.45. The summed E-state index contributed by atoms with van der Waals surface area (Å²) in [5.74, 6) is 0.730. The van der Waals surface area contributed by atoms with Gasteiger partial charge in [0, 0.05) is 37.8 Å². The minimum Gasteiger partial charge on any atom is -0.378 e. The fraction of sp³-hybridized carbons (Fsp3) is 1.00. The van der Waals surface area contributed by atoms with Gasteiger partial charge in [-0.3, -0.25) is 4.90 Å². The first-order valence-corrected chi connectivity index (χ1v) is 7.18. The van der Waals surface area contributed by atoms with E-state index in [-0.39, 0.29) is 0 Å². The van der Waals surface area contributed by atoms with E-state index in [2.05, 4.69) is 37.9 Å². The van der Waals surface area contributed by atoms with E-state index in [1.54, 1.807) is 0 Å². The fourth-order valence-corrected chi connectivity index (χ4v) is 3.27. The van der Waals surface area contributed by atoms with Crippen LogP contribution in [0.1, 0.15) is 40.5 Å². The Morgan fingerprint density at radius 3 is 2.71 bits per heavy atom. The Balaban J connectivity index is 2.03. The van der Waals surface area contributed by atoms with Crippen molar-refractivity contribution in [3.8, 4) is 0 Å². The van der Waals surface area contributed by atoms with Crippen molar-refractivity contribution >= 4 is 0 Å². The fourth-order valence-electron chi connectivity index (χ4n) is 3.27. The van der Waals surface area contributed by atoms with E-state index in [4.69, 9.17) is 4.74 Å². The van der Waals surface area contributed by atoms with Crippen molar-refractivity contribution < 1.29 is 4.74 Å². The topological polar surface area (TPSA) is 24.5 Å². The third-order valence-electron chi connectivity index (χ3n) is 4.28. The van der Waals surface area contributed by atoms with E-state index in [9.17, 15) is 0 Å². The molecule has 1 N–H and O–H groups in total. The van der Waals surface area contributed by atoms with Gasteiger partial charge < -0.3 is 10.1 Å². The summed E-state index contributed by atoms with van der Waals surface area (Å²) in [5.41, 5.74) is 0. The maximum atomic E-state index is 5.68. The molecule has 2 aliphatic heterocycles. The average molecular weight is 240 g/mol. The molecule has 0 aromatic carbocycles. The van der Waals surface area contributed by atoms with Gasteiger partial charge in [-0.2, -0.15) is 0 Å². The zero-order chi connectivity index (χ0) is 12.4. The van der Waals surface area contributed by atoms with E-state index < -0.39 is 0 Å². The van der Waals surface area contributed by atoms with Gasteiger partial charge in [0.1, 0.15) is 0 Å². The first kappa shape index (κ1) is 13.3. The molecule has 0 saturated carbocycles. The summed E-state index contributed by atoms with van der Waals surface area (Å²) in [6.07, 6.45) is 2.85. The van der Waals surface area contributed by atoms with Crippen molar-refractivity contribution in [1.29, 1.82) is 0 Å². The molecule has 2 fully saturated rings. The van der Waals surface area contributed by atoms with Crippen LogP contribution in [-0.2, 0) is 4.74 Å². The second-order valence-corrected chi connectivity index (χ2v) is 6.18. The largest absolute Gasteiger partial charge is 0.378 e. The molecule has 4 atom stereocenters. The van der Waals surface area contributed by atoms with Crippen molar-refractivity contribution in [2.75, 3.05) is 19.7 Å².